The maximum absolute atomic E-state index is 11.7. The van der Waals surface area contributed by atoms with Crippen LogP contribution in [-0.4, -0.2) is 31.8 Å². The standard InChI is InChI=1S/C11H15N5O2/c1-15-6-2-4-9(15)10(17)12-5-3-7-16-8-13-14-11(16)18/h2,4,6,8H,3,5,7H2,1H3,(H,12,17)(H,14,18). The van der Waals surface area contributed by atoms with Gasteiger partial charge in [-0.15, -0.1) is 0 Å². The highest BCUT2D eigenvalue weighted by molar-refractivity contribution is 5.92. The number of hydrogen-bond acceptors (Lipinski definition) is 3. The Labute approximate surface area is 103 Å². The lowest BCUT2D eigenvalue weighted by Gasteiger charge is -2.05. The molecular formula is C11H15N5O2. The highest BCUT2D eigenvalue weighted by Gasteiger charge is 2.07. The van der Waals surface area contributed by atoms with Gasteiger partial charge in [0.1, 0.15) is 12.0 Å². The molecule has 0 aliphatic rings. The van der Waals surface area contributed by atoms with Crippen molar-refractivity contribution in [3.05, 3.63) is 40.8 Å². The third-order valence-corrected chi connectivity index (χ3v) is 2.66. The Bertz CT molecular complexity index is 580. The monoisotopic (exact) mass is 249 g/mol. The quantitative estimate of drug-likeness (QED) is 0.715. The van der Waals surface area contributed by atoms with Crippen molar-refractivity contribution in [2.45, 2.75) is 13.0 Å². The van der Waals surface area contributed by atoms with Crippen molar-refractivity contribution in [3.63, 3.8) is 0 Å². The molecule has 2 rings (SSSR count). The van der Waals surface area contributed by atoms with Crippen LogP contribution < -0.4 is 11.0 Å². The number of hydrogen-bond donors (Lipinski definition) is 2. The van der Waals surface area contributed by atoms with E-state index in [1.54, 1.807) is 10.6 Å². The van der Waals surface area contributed by atoms with Gasteiger partial charge in [0.15, 0.2) is 0 Å². The van der Waals surface area contributed by atoms with Crippen molar-refractivity contribution in [2.75, 3.05) is 6.54 Å². The number of H-pyrrole nitrogens is 1. The van der Waals surface area contributed by atoms with Crippen molar-refractivity contribution >= 4 is 5.91 Å². The van der Waals surface area contributed by atoms with Crippen LogP contribution >= 0.6 is 0 Å². The van der Waals surface area contributed by atoms with Crippen LogP contribution in [0.2, 0.25) is 0 Å². The van der Waals surface area contributed by atoms with Gasteiger partial charge in [0, 0.05) is 26.3 Å². The van der Waals surface area contributed by atoms with Crippen LogP contribution in [0, 0.1) is 0 Å². The minimum Gasteiger partial charge on any atom is -0.351 e. The Hall–Kier alpha value is -2.31. The Balaban J connectivity index is 1.76. The van der Waals surface area contributed by atoms with Gasteiger partial charge in [-0.05, 0) is 18.6 Å². The minimum absolute atomic E-state index is 0.109. The van der Waals surface area contributed by atoms with Crippen LogP contribution in [-0.2, 0) is 13.6 Å². The zero-order valence-electron chi connectivity index (χ0n) is 10.1. The van der Waals surface area contributed by atoms with E-state index in [1.807, 2.05) is 19.3 Å². The summed E-state index contributed by atoms with van der Waals surface area (Å²) in [5.41, 5.74) is 0.388. The van der Waals surface area contributed by atoms with Gasteiger partial charge in [-0.3, -0.25) is 9.36 Å². The topological polar surface area (TPSA) is 84.7 Å². The first kappa shape index (κ1) is 12.2. The molecule has 2 N–H and O–H groups in total. The number of nitrogens with zero attached hydrogens (tertiary/aromatic N) is 3. The molecule has 0 fully saturated rings. The Kier molecular flexibility index (Phi) is 3.61. The highest BCUT2D eigenvalue weighted by Crippen LogP contribution is 1.98. The minimum atomic E-state index is -0.233. The number of nitrogens with one attached hydrogen (secondary N) is 2. The predicted octanol–water partition coefficient (Wildman–Crippen LogP) is -0.270. The first-order valence-corrected chi connectivity index (χ1v) is 5.68. The van der Waals surface area contributed by atoms with Gasteiger partial charge in [0.05, 0.1) is 0 Å². The second-order valence-electron chi connectivity index (χ2n) is 3.97. The molecule has 0 unspecified atom stereocenters. The Morgan fingerprint density at radius 3 is 3.00 bits per heavy atom. The molecule has 0 saturated carbocycles. The number of amides is 1. The molecule has 1 amide bonds. The molecular weight excluding hydrogens is 234 g/mol. The fourth-order valence-electron chi connectivity index (χ4n) is 1.67. The van der Waals surface area contributed by atoms with E-state index in [1.165, 1.54) is 10.9 Å². The number of aromatic nitrogens is 4. The summed E-state index contributed by atoms with van der Waals surface area (Å²) in [5.74, 6) is -0.109. The van der Waals surface area contributed by atoms with Crippen LogP contribution in [0.15, 0.2) is 29.5 Å². The fraction of sp³-hybridized carbons (Fsp3) is 0.364. The van der Waals surface area contributed by atoms with Gasteiger partial charge in [-0.2, -0.15) is 5.10 Å². The second kappa shape index (κ2) is 5.35. The van der Waals surface area contributed by atoms with Gasteiger partial charge in [-0.25, -0.2) is 9.89 Å². The molecule has 2 aromatic heterocycles. The molecule has 0 atom stereocenters. The average Bonchev–Trinajstić information content (AvgIpc) is 2.94. The average molecular weight is 249 g/mol. The molecule has 7 heteroatoms. The van der Waals surface area contributed by atoms with E-state index in [-0.39, 0.29) is 11.6 Å². The van der Waals surface area contributed by atoms with Gasteiger partial charge in [0.2, 0.25) is 0 Å². The summed E-state index contributed by atoms with van der Waals surface area (Å²) in [6.45, 7) is 1.05. The van der Waals surface area contributed by atoms with Crippen molar-refractivity contribution in [2.24, 2.45) is 7.05 Å². The zero-order chi connectivity index (χ0) is 13.0. The summed E-state index contributed by atoms with van der Waals surface area (Å²) in [6, 6.07) is 3.58. The molecule has 2 aromatic rings. The SMILES string of the molecule is Cn1cccc1C(=O)NCCCn1cn[nH]c1=O. The molecule has 18 heavy (non-hydrogen) atoms. The normalized spacial score (nSPS) is 10.5. The largest absolute Gasteiger partial charge is 0.351 e. The molecule has 0 aliphatic carbocycles. The van der Waals surface area contributed by atoms with Gasteiger partial charge in [0.25, 0.3) is 5.91 Å². The van der Waals surface area contributed by atoms with Gasteiger partial charge < -0.3 is 9.88 Å². The third kappa shape index (κ3) is 2.68. The summed E-state index contributed by atoms with van der Waals surface area (Å²) in [5, 5.41) is 8.74. The van der Waals surface area contributed by atoms with E-state index in [9.17, 15) is 9.59 Å². The summed E-state index contributed by atoms with van der Waals surface area (Å²) < 4.78 is 3.23. The third-order valence-electron chi connectivity index (χ3n) is 2.66. The van der Waals surface area contributed by atoms with Crippen LogP contribution in [0.1, 0.15) is 16.9 Å². The molecule has 2 heterocycles. The molecule has 0 aromatic carbocycles. The van der Waals surface area contributed by atoms with Crippen LogP contribution in [0.4, 0.5) is 0 Å². The maximum Gasteiger partial charge on any atom is 0.343 e. The number of carbonyl (C=O) groups excluding carboxylic acids is 1. The first-order valence-electron chi connectivity index (χ1n) is 5.68. The lowest BCUT2D eigenvalue weighted by Crippen LogP contribution is -2.27. The molecule has 0 saturated heterocycles. The second-order valence-corrected chi connectivity index (χ2v) is 3.97. The lowest BCUT2D eigenvalue weighted by molar-refractivity contribution is 0.0944. The van der Waals surface area contributed by atoms with Crippen LogP contribution in [0.25, 0.3) is 0 Å². The summed E-state index contributed by atoms with van der Waals surface area (Å²) in [7, 11) is 1.82. The number of aromatic amines is 1. The fourth-order valence-corrected chi connectivity index (χ4v) is 1.67. The smallest absolute Gasteiger partial charge is 0.343 e. The van der Waals surface area contributed by atoms with Crippen molar-refractivity contribution in [1.82, 2.24) is 24.6 Å². The lowest BCUT2D eigenvalue weighted by atomic mass is 10.3. The van der Waals surface area contributed by atoms with E-state index in [2.05, 4.69) is 15.5 Å². The Morgan fingerprint density at radius 1 is 1.56 bits per heavy atom. The summed E-state index contributed by atoms with van der Waals surface area (Å²) >= 11 is 0. The van der Waals surface area contributed by atoms with Crippen LogP contribution in [0.5, 0.6) is 0 Å². The first-order chi connectivity index (χ1) is 8.68. The maximum atomic E-state index is 11.7. The summed E-state index contributed by atoms with van der Waals surface area (Å²) in [4.78, 5) is 22.9. The predicted molar refractivity (Wildman–Crippen MR) is 65.2 cm³/mol. The van der Waals surface area contributed by atoms with Crippen molar-refractivity contribution in [3.8, 4) is 0 Å². The van der Waals surface area contributed by atoms with E-state index in [0.717, 1.165) is 0 Å². The van der Waals surface area contributed by atoms with E-state index in [4.69, 9.17) is 0 Å². The van der Waals surface area contributed by atoms with E-state index in [0.29, 0.717) is 25.2 Å². The van der Waals surface area contributed by atoms with Crippen LogP contribution in [0.3, 0.4) is 0 Å². The molecule has 96 valence electrons. The van der Waals surface area contributed by atoms with E-state index < -0.39 is 0 Å². The van der Waals surface area contributed by atoms with Gasteiger partial charge >= 0.3 is 5.69 Å². The number of aryl methyl sites for hydroxylation is 2. The van der Waals surface area contributed by atoms with Crippen molar-refractivity contribution < 1.29 is 4.79 Å². The van der Waals surface area contributed by atoms with E-state index >= 15 is 0 Å². The molecule has 0 spiro atoms. The van der Waals surface area contributed by atoms with Crippen molar-refractivity contribution in [1.29, 1.82) is 0 Å². The molecule has 0 bridgehead atoms. The van der Waals surface area contributed by atoms with Gasteiger partial charge in [-0.1, -0.05) is 0 Å². The molecule has 0 radical (unpaired) electrons. The highest BCUT2D eigenvalue weighted by atomic mass is 16.2. The molecule has 7 nitrogen and oxygen atoms in total. The number of rotatable bonds is 5. The number of carbonyl (C=O) groups is 1. The molecule has 0 aliphatic heterocycles. The zero-order valence-corrected chi connectivity index (χ0v) is 10.1. The Morgan fingerprint density at radius 2 is 2.39 bits per heavy atom. The summed E-state index contributed by atoms with van der Waals surface area (Å²) in [6.07, 6.45) is 3.94.